The molecule has 0 saturated carbocycles. The summed E-state index contributed by atoms with van der Waals surface area (Å²) in [6.45, 7) is 0. The Bertz CT molecular complexity index is 678. The highest BCUT2D eigenvalue weighted by atomic mass is 79.9. The minimum absolute atomic E-state index is 0.151. The first kappa shape index (κ1) is 14.4. The lowest BCUT2D eigenvalue weighted by Crippen LogP contribution is -2.03. The van der Waals surface area contributed by atoms with Crippen LogP contribution in [0.15, 0.2) is 45.1 Å². The van der Waals surface area contributed by atoms with Crippen molar-refractivity contribution in [2.75, 3.05) is 0 Å². The summed E-state index contributed by atoms with van der Waals surface area (Å²) >= 11 is 4.26. The summed E-state index contributed by atoms with van der Waals surface area (Å²) in [6, 6.07) is 4.42. The van der Waals surface area contributed by atoms with Crippen LogP contribution in [0.2, 0.25) is 0 Å². The molecule has 0 spiro atoms. The topological polar surface area (TPSA) is 106 Å². The third kappa shape index (κ3) is 3.31. The van der Waals surface area contributed by atoms with E-state index in [0.717, 1.165) is 28.5 Å². The molecule has 2 heterocycles. The molecule has 20 heavy (non-hydrogen) atoms. The average Bonchev–Trinajstić information content (AvgIpc) is 2.41. The van der Waals surface area contributed by atoms with Gasteiger partial charge in [-0.05, 0) is 39.8 Å². The fourth-order valence-electron chi connectivity index (χ4n) is 1.30. The van der Waals surface area contributed by atoms with Crippen LogP contribution >= 0.6 is 27.7 Å². The van der Waals surface area contributed by atoms with E-state index >= 15 is 0 Å². The maximum atomic E-state index is 11.1. The van der Waals surface area contributed by atoms with Gasteiger partial charge in [-0.2, -0.15) is 0 Å². The van der Waals surface area contributed by atoms with E-state index in [2.05, 4.69) is 25.9 Å². The van der Waals surface area contributed by atoms with E-state index in [1.165, 1.54) is 0 Å². The Morgan fingerprint density at radius 2 is 2.10 bits per heavy atom. The van der Waals surface area contributed by atoms with Crippen LogP contribution in [0.1, 0.15) is 10.4 Å². The van der Waals surface area contributed by atoms with Crippen LogP contribution in [0.25, 0.3) is 0 Å². The van der Waals surface area contributed by atoms with Gasteiger partial charge in [0.15, 0.2) is 0 Å². The van der Waals surface area contributed by atoms with Crippen LogP contribution in [0.5, 0.6) is 0 Å². The Morgan fingerprint density at radius 1 is 1.35 bits per heavy atom. The number of aromatic carboxylic acids is 1. The van der Waals surface area contributed by atoms with Gasteiger partial charge in [-0.3, -0.25) is 10.1 Å². The number of pyridine rings is 2. The zero-order chi connectivity index (χ0) is 14.7. The molecule has 2 aromatic heterocycles. The normalized spacial score (nSPS) is 10.2. The second kappa shape index (κ2) is 5.97. The smallest absolute Gasteiger partial charge is 0.338 e. The number of rotatable bonds is 4. The van der Waals surface area contributed by atoms with Crippen molar-refractivity contribution in [2.45, 2.75) is 10.1 Å². The molecule has 0 aliphatic heterocycles. The first-order chi connectivity index (χ1) is 9.47. The zero-order valence-electron chi connectivity index (χ0n) is 9.69. The summed E-state index contributed by atoms with van der Waals surface area (Å²) in [4.78, 5) is 29.0. The van der Waals surface area contributed by atoms with E-state index in [4.69, 9.17) is 5.11 Å². The van der Waals surface area contributed by atoms with E-state index in [0.29, 0.717) is 5.03 Å². The molecule has 0 aliphatic rings. The Morgan fingerprint density at radius 3 is 2.65 bits per heavy atom. The molecule has 102 valence electrons. The highest BCUT2D eigenvalue weighted by molar-refractivity contribution is 9.10. The molecule has 2 aromatic rings. The number of carboxylic acids is 1. The van der Waals surface area contributed by atoms with Gasteiger partial charge in [-0.1, -0.05) is 0 Å². The molecule has 2 rings (SSSR count). The van der Waals surface area contributed by atoms with Crippen molar-refractivity contribution in [1.29, 1.82) is 0 Å². The Labute approximate surface area is 125 Å². The molecule has 0 bridgehead atoms. The lowest BCUT2D eigenvalue weighted by molar-refractivity contribution is -0.385. The predicted octanol–water partition coefficient (Wildman–Crippen LogP) is 3.00. The summed E-state index contributed by atoms with van der Waals surface area (Å²) in [6.07, 6.45) is 2.59. The number of hydrogen-bond donors (Lipinski definition) is 1. The number of nitrogens with zero attached hydrogens (tertiary/aromatic N) is 3. The number of nitro groups is 1. The third-order valence-electron chi connectivity index (χ3n) is 2.18. The number of hydrogen-bond acceptors (Lipinski definition) is 6. The van der Waals surface area contributed by atoms with Gasteiger partial charge in [-0.15, -0.1) is 0 Å². The fraction of sp³-hybridized carbons (Fsp3) is 0. The molecule has 0 saturated heterocycles. The summed E-state index contributed by atoms with van der Waals surface area (Å²) in [5, 5.41) is 20.4. The van der Waals surface area contributed by atoms with Gasteiger partial charge in [0.2, 0.25) is 0 Å². The van der Waals surface area contributed by atoms with Crippen LogP contribution in [-0.2, 0) is 0 Å². The molecule has 0 radical (unpaired) electrons. The second-order valence-corrected chi connectivity index (χ2v) is 5.45. The van der Waals surface area contributed by atoms with Crippen LogP contribution < -0.4 is 0 Å². The first-order valence-corrected chi connectivity index (χ1v) is 6.75. The van der Waals surface area contributed by atoms with E-state index in [1.54, 1.807) is 18.3 Å². The molecule has 0 aromatic carbocycles. The molecule has 0 aliphatic carbocycles. The van der Waals surface area contributed by atoms with Crippen LogP contribution in [0, 0.1) is 10.1 Å². The fourth-order valence-corrected chi connectivity index (χ4v) is 2.33. The quantitative estimate of drug-likeness (QED) is 0.663. The maximum absolute atomic E-state index is 11.1. The van der Waals surface area contributed by atoms with Crippen molar-refractivity contribution in [3.05, 3.63) is 50.7 Å². The lowest BCUT2D eigenvalue weighted by atomic mass is 10.3. The number of carbonyl (C=O) groups is 1. The zero-order valence-corrected chi connectivity index (χ0v) is 12.1. The summed E-state index contributed by atoms with van der Waals surface area (Å²) in [5.74, 6) is -1.28. The van der Waals surface area contributed by atoms with E-state index in [1.807, 2.05) is 0 Å². The van der Waals surface area contributed by atoms with Crippen molar-refractivity contribution < 1.29 is 14.8 Å². The largest absolute Gasteiger partial charge is 0.478 e. The number of aromatic nitrogens is 2. The highest BCUT2D eigenvalue weighted by Crippen LogP contribution is 2.29. The number of carboxylic acid groups (broad SMARTS) is 1. The van der Waals surface area contributed by atoms with Gasteiger partial charge in [0, 0.05) is 16.7 Å². The first-order valence-electron chi connectivity index (χ1n) is 5.14. The van der Waals surface area contributed by atoms with Crippen molar-refractivity contribution in [1.82, 2.24) is 9.97 Å². The van der Waals surface area contributed by atoms with Gasteiger partial charge >= 0.3 is 5.97 Å². The standard InChI is InChI=1S/C11H6BrN3O4S/c12-6-1-2-9(13-4-6)20-10-8(11(16)17)3-7(5-14-10)15(18)19/h1-5H,(H,16,17). The van der Waals surface area contributed by atoms with Crippen molar-refractivity contribution in [2.24, 2.45) is 0 Å². The maximum Gasteiger partial charge on any atom is 0.338 e. The molecular weight excluding hydrogens is 350 g/mol. The Kier molecular flexibility index (Phi) is 4.30. The van der Waals surface area contributed by atoms with Gasteiger partial charge < -0.3 is 5.11 Å². The molecule has 9 heteroatoms. The van der Waals surface area contributed by atoms with Gasteiger partial charge in [0.05, 0.1) is 10.5 Å². The lowest BCUT2D eigenvalue weighted by Gasteiger charge is -2.04. The monoisotopic (exact) mass is 355 g/mol. The molecule has 0 fully saturated rings. The number of halogens is 1. The second-order valence-electron chi connectivity index (χ2n) is 3.53. The summed E-state index contributed by atoms with van der Waals surface area (Å²) in [7, 11) is 0. The molecule has 7 nitrogen and oxygen atoms in total. The van der Waals surface area contributed by atoms with E-state index in [-0.39, 0.29) is 16.3 Å². The summed E-state index contributed by atoms with van der Waals surface area (Å²) < 4.78 is 0.789. The molecule has 1 N–H and O–H groups in total. The molecule has 0 amide bonds. The Balaban J connectivity index is 2.38. The highest BCUT2D eigenvalue weighted by Gasteiger charge is 2.18. The van der Waals surface area contributed by atoms with Crippen molar-refractivity contribution in [3.63, 3.8) is 0 Å². The molecular formula is C11H6BrN3O4S. The van der Waals surface area contributed by atoms with Crippen molar-refractivity contribution >= 4 is 39.3 Å². The summed E-state index contributed by atoms with van der Waals surface area (Å²) in [5.41, 5.74) is -0.593. The minimum atomic E-state index is -1.28. The predicted molar refractivity (Wildman–Crippen MR) is 73.9 cm³/mol. The van der Waals surface area contributed by atoms with Crippen LogP contribution in [0.3, 0.4) is 0 Å². The van der Waals surface area contributed by atoms with Gasteiger partial charge in [0.1, 0.15) is 16.2 Å². The van der Waals surface area contributed by atoms with Crippen molar-refractivity contribution in [3.8, 4) is 0 Å². The SMILES string of the molecule is O=C(O)c1cc([N+](=O)[O-])cnc1Sc1ccc(Br)cn1. The third-order valence-corrected chi connectivity index (χ3v) is 3.62. The van der Waals surface area contributed by atoms with Gasteiger partial charge in [0.25, 0.3) is 5.69 Å². The Hall–Kier alpha value is -2.00. The molecule has 0 unspecified atom stereocenters. The van der Waals surface area contributed by atoms with E-state index in [9.17, 15) is 14.9 Å². The van der Waals surface area contributed by atoms with E-state index < -0.39 is 10.9 Å². The average molecular weight is 356 g/mol. The van der Waals surface area contributed by atoms with Crippen LogP contribution in [0.4, 0.5) is 5.69 Å². The van der Waals surface area contributed by atoms with Gasteiger partial charge in [-0.25, -0.2) is 14.8 Å². The minimum Gasteiger partial charge on any atom is -0.478 e. The van der Waals surface area contributed by atoms with Crippen LogP contribution in [-0.4, -0.2) is 26.0 Å². The molecule has 0 atom stereocenters.